The van der Waals surface area contributed by atoms with E-state index in [2.05, 4.69) is 19.8 Å². The van der Waals surface area contributed by atoms with Crippen LogP contribution < -0.4 is 0 Å². The smallest absolute Gasteiger partial charge is 0.0718 e. The summed E-state index contributed by atoms with van der Waals surface area (Å²) in [5.74, 6) is 0. The molecular formula is C10H21N5O. The first kappa shape index (κ1) is 13.3. The lowest BCUT2D eigenvalue weighted by Crippen LogP contribution is -2.50. The molecule has 0 aromatic rings. The maximum atomic E-state index is 9.70. The minimum atomic E-state index is -0.618. The van der Waals surface area contributed by atoms with Crippen molar-refractivity contribution in [2.24, 2.45) is 5.11 Å². The molecule has 1 heterocycles. The maximum absolute atomic E-state index is 9.70. The van der Waals surface area contributed by atoms with Crippen molar-refractivity contribution in [2.75, 3.05) is 45.8 Å². The number of azide groups is 1. The zero-order valence-electron chi connectivity index (χ0n) is 10.1. The molecule has 1 rings (SSSR count). The normalized spacial score (nSPS) is 19.4. The van der Waals surface area contributed by atoms with Gasteiger partial charge in [0.1, 0.15) is 0 Å². The van der Waals surface area contributed by atoms with E-state index in [1.807, 2.05) is 13.8 Å². The summed E-state index contributed by atoms with van der Waals surface area (Å²) in [5.41, 5.74) is 7.55. The van der Waals surface area contributed by atoms with Gasteiger partial charge in [-0.25, -0.2) is 0 Å². The van der Waals surface area contributed by atoms with Gasteiger partial charge >= 0.3 is 0 Å². The van der Waals surface area contributed by atoms with Crippen LogP contribution in [-0.2, 0) is 0 Å². The molecule has 1 saturated heterocycles. The van der Waals surface area contributed by atoms with E-state index in [1.165, 1.54) is 0 Å². The molecule has 0 saturated carbocycles. The molecule has 0 aromatic heterocycles. The largest absolute Gasteiger partial charge is 0.389 e. The molecule has 0 amide bonds. The fraction of sp³-hybridized carbons (Fsp3) is 1.00. The van der Waals surface area contributed by atoms with Crippen molar-refractivity contribution >= 4 is 0 Å². The Morgan fingerprint density at radius 3 is 2.31 bits per heavy atom. The lowest BCUT2D eigenvalue weighted by atomic mass is 10.1. The Hall–Kier alpha value is -0.810. The van der Waals surface area contributed by atoms with Gasteiger partial charge in [0.25, 0.3) is 0 Å². The quantitative estimate of drug-likeness (QED) is 0.426. The van der Waals surface area contributed by atoms with Crippen LogP contribution in [0.3, 0.4) is 0 Å². The van der Waals surface area contributed by atoms with Gasteiger partial charge in [-0.2, -0.15) is 0 Å². The first-order valence-corrected chi connectivity index (χ1v) is 5.69. The van der Waals surface area contributed by atoms with Gasteiger partial charge < -0.3 is 10.0 Å². The Bertz CT molecular complexity index is 248. The first-order valence-electron chi connectivity index (χ1n) is 5.69. The summed E-state index contributed by atoms with van der Waals surface area (Å²) in [7, 11) is 0. The summed E-state index contributed by atoms with van der Waals surface area (Å²) in [6.07, 6.45) is 0. The highest BCUT2D eigenvalue weighted by Crippen LogP contribution is 2.08. The van der Waals surface area contributed by atoms with Crippen molar-refractivity contribution in [1.82, 2.24) is 9.80 Å². The molecule has 1 aliphatic rings. The monoisotopic (exact) mass is 227 g/mol. The summed E-state index contributed by atoms with van der Waals surface area (Å²) in [6, 6.07) is 0. The van der Waals surface area contributed by atoms with E-state index in [0.29, 0.717) is 6.54 Å². The summed E-state index contributed by atoms with van der Waals surface area (Å²) in [5, 5.41) is 13.2. The van der Waals surface area contributed by atoms with Gasteiger partial charge in [-0.15, -0.1) is 0 Å². The summed E-state index contributed by atoms with van der Waals surface area (Å²) < 4.78 is 0. The molecule has 1 aliphatic heterocycles. The van der Waals surface area contributed by atoms with Crippen LogP contribution in [0.1, 0.15) is 13.8 Å². The maximum Gasteiger partial charge on any atom is 0.0718 e. The van der Waals surface area contributed by atoms with E-state index >= 15 is 0 Å². The summed E-state index contributed by atoms with van der Waals surface area (Å²) in [4.78, 5) is 7.29. The standard InChI is InChI=1S/C10H21N5O/c1-10(2,16)9-15-7-5-14(6-8-15)4-3-12-13-11/h16H,3-9H2,1-2H3. The van der Waals surface area contributed by atoms with E-state index in [1.54, 1.807) is 0 Å². The van der Waals surface area contributed by atoms with Crippen molar-refractivity contribution in [2.45, 2.75) is 19.4 Å². The van der Waals surface area contributed by atoms with Crippen molar-refractivity contribution in [3.8, 4) is 0 Å². The highest BCUT2D eigenvalue weighted by molar-refractivity contribution is 4.78. The second-order valence-electron chi connectivity index (χ2n) is 4.88. The fourth-order valence-corrected chi connectivity index (χ4v) is 1.95. The molecule has 16 heavy (non-hydrogen) atoms. The molecule has 0 unspecified atom stereocenters. The molecule has 0 aromatic carbocycles. The summed E-state index contributed by atoms with van der Waals surface area (Å²) >= 11 is 0. The van der Waals surface area contributed by atoms with E-state index in [0.717, 1.165) is 39.3 Å². The molecule has 0 radical (unpaired) electrons. The van der Waals surface area contributed by atoms with Crippen LogP contribution in [0.5, 0.6) is 0 Å². The first-order chi connectivity index (χ1) is 7.51. The fourth-order valence-electron chi connectivity index (χ4n) is 1.95. The Balaban J connectivity index is 2.20. The van der Waals surface area contributed by atoms with Crippen LogP contribution in [-0.4, -0.2) is 66.3 Å². The van der Waals surface area contributed by atoms with Gasteiger partial charge in [-0.1, -0.05) is 5.11 Å². The van der Waals surface area contributed by atoms with Crippen LogP contribution in [0.15, 0.2) is 5.11 Å². The molecule has 92 valence electrons. The summed E-state index contributed by atoms with van der Waals surface area (Å²) in [6.45, 7) is 9.68. The van der Waals surface area contributed by atoms with Crippen LogP contribution in [0.4, 0.5) is 0 Å². The number of nitrogens with zero attached hydrogens (tertiary/aromatic N) is 5. The van der Waals surface area contributed by atoms with Gasteiger partial charge in [0.2, 0.25) is 0 Å². The molecule has 6 heteroatoms. The SMILES string of the molecule is CC(C)(O)CN1CCN(CCN=[N+]=[N-])CC1. The number of hydrogen-bond donors (Lipinski definition) is 1. The van der Waals surface area contributed by atoms with Gasteiger partial charge in [-0.3, -0.25) is 4.90 Å². The second-order valence-corrected chi connectivity index (χ2v) is 4.88. The Morgan fingerprint density at radius 1 is 1.25 bits per heavy atom. The van der Waals surface area contributed by atoms with E-state index < -0.39 is 5.60 Å². The predicted octanol–water partition coefficient (Wildman–Crippen LogP) is 0.685. The minimum absolute atomic E-state index is 0.544. The zero-order valence-corrected chi connectivity index (χ0v) is 10.1. The van der Waals surface area contributed by atoms with Crippen molar-refractivity contribution in [3.05, 3.63) is 10.4 Å². The third kappa shape index (κ3) is 5.32. The molecule has 0 bridgehead atoms. The number of hydrogen-bond acceptors (Lipinski definition) is 4. The van der Waals surface area contributed by atoms with Crippen LogP contribution >= 0.6 is 0 Å². The Kier molecular flexibility index (Phi) is 5.02. The van der Waals surface area contributed by atoms with Crippen LogP contribution in [0.25, 0.3) is 10.4 Å². The Labute approximate surface area is 96.5 Å². The molecule has 0 atom stereocenters. The number of piperazine rings is 1. The topological polar surface area (TPSA) is 75.5 Å². The number of rotatable bonds is 5. The lowest BCUT2D eigenvalue weighted by molar-refractivity contribution is 0.0182. The van der Waals surface area contributed by atoms with Crippen LogP contribution in [0, 0.1) is 0 Å². The van der Waals surface area contributed by atoms with E-state index in [-0.39, 0.29) is 0 Å². The second kappa shape index (κ2) is 6.06. The van der Waals surface area contributed by atoms with Gasteiger partial charge in [0.05, 0.1) is 5.60 Å². The molecule has 0 spiro atoms. The van der Waals surface area contributed by atoms with Gasteiger partial charge in [0, 0.05) is 50.7 Å². The van der Waals surface area contributed by atoms with Crippen molar-refractivity contribution in [3.63, 3.8) is 0 Å². The minimum Gasteiger partial charge on any atom is -0.389 e. The number of β-amino-alcohol motifs (C(OH)–C–C–N with tert-alkyl or cyclic N) is 1. The van der Waals surface area contributed by atoms with E-state index in [9.17, 15) is 5.11 Å². The molecule has 6 nitrogen and oxygen atoms in total. The average molecular weight is 227 g/mol. The predicted molar refractivity (Wildman–Crippen MR) is 63.2 cm³/mol. The third-order valence-electron chi connectivity index (χ3n) is 2.65. The molecular weight excluding hydrogens is 206 g/mol. The van der Waals surface area contributed by atoms with Gasteiger partial charge in [0.15, 0.2) is 0 Å². The average Bonchev–Trinajstić information content (AvgIpc) is 2.19. The lowest BCUT2D eigenvalue weighted by Gasteiger charge is -2.37. The van der Waals surface area contributed by atoms with Gasteiger partial charge in [-0.05, 0) is 19.4 Å². The highest BCUT2D eigenvalue weighted by atomic mass is 16.3. The zero-order chi connectivity index (χ0) is 12.0. The highest BCUT2D eigenvalue weighted by Gasteiger charge is 2.22. The van der Waals surface area contributed by atoms with Crippen molar-refractivity contribution < 1.29 is 5.11 Å². The van der Waals surface area contributed by atoms with E-state index in [4.69, 9.17) is 5.53 Å². The third-order valence-corrected chi connectivity index (χ3v) is 2.65. The Morgan fingerprint density at radius 2 is 1.81 bits per heavy atom. The molecule has 1 N–H and O–H groups in total. The number of aliphatic hydroxyl groups is 1. The molecule has 0 aliphatic carbocycles. The molecule has 1 fully saturated rings. The van der Waals surface area contributed by atoms with Crippen LogP contribution in [0.2, 0.25) is 0 Å². The van der Waals surface area contributed by atoms with Crippen molar-refractivity contribution in [1.29, 1.82) is 0 Å².